The van der Waals surface area contributed by atoms with Crippen LogP contribution in [0.25, 0.3) is 0 Å². The Balaban J connectivity index is 1.93. The van der Waals surface area contributed by atoms with Crippen LogP contribution >= 0.6 is 0 Å². The Kier molecular flexibility index (Phi) is 3.02. The van der Waals surface area contributed by atoms with Crippen LogP contribution in [0.1, 0.15) is 12.5 Å². The van der Waals surface area contributed by atoms with E-state index in [9.17, 15) is 9.59 Å². The van der Waals surface area contributed by atoms with Crippen LogP contribution < -0.4 is 19.5 Å². The van der Waals surface area contributed by atoms with Crippen LogP contribution in [-0.4, -0.2) is 31.0 Å². The Bertz CT molecular complexity index is 623. The predicted molar refractivity (Wildman–Crippen MR) is 68.4 cm³/mol. The Hall–Kier alpha value is -2.57. The summed E-state index contributed by atoms with van der Waals surface area (Å²) >= 11 is 0. The van der Waals surface area contributed by atoms with Gasteiger partial charge in [-0.15, -0.1) is 0 Å². The number of aliphatic imine (C=N–C) groups is 1. The summed E-state index contributed by atoms with van der Waals surface area (Å²) in [6, 6.07) is 2.83. The van der Waals surface area contributed by atoms with E-state index in [-0.39, 0.29) is 18.9 Å². The minimum absolute atomic E-state index is 0.157. The van der Waals surface area contributed by atoms with Crippen molar-refractivity contribution >= 4 is 17.6 Å². The van der Waals surface area contributed by atoms with Gasteiger partial charge in [-0.3, -0.25) is 10.1 Å². The lowest BCUT2D eigenvalue weighted by atomic mass is 10.1. The molecule has 1 aromatic rings. The van der Waals surface area contributed by atoms with Crippen LogP contribution in [0, 0.1) is 0 Å². The van der Waals surface area contributed by atoms with E-state index >= 15 is 0 Å². The molecule has 0 saturated carbocycles. The number of nitrogens with zero attached hydrogens (tertiary/aromatic N) is 1. The minimum Gasteiger partial charge on any atom is -0.493 e. The maximum Gasteiger partial charge on any atom is 0.348 e. The normalized spacial score (nSPS) is 16.1. The number of nitrogens with one attached hydrogen (secondary N) is 1. The summed E-state index contributed by atoms with van der Waals surface area (Å²) in [5.41, 5.74) is 0.884. The highest BCUT2D eigenvalue weighted by Gasteiger charge is 2.26. The quantitative estimate of drug-likeness (QED) is 0.888. The second-order valence-corrected chi connectivity index (χ2v) is 4.24. The molecule has 0 atom stereocenters. The number of carbonyl (C=O) groups is 2. The third-order valence-electron chi connectivity index (χ3n) is 2.93. The van der Waals surface area contributed by atoms with Crippen LogP contribution in [0.3, 0.4) is 0 Å². The van der Waals surface area contributed by atoms with Crippen molar-refractivity contribution < 1.29 is 23.8 Å². The lowest BCUT2D eigenvalue weighted by Crippen LogP contribution is -2.26. The third kappa shape index (κ3) is 2.18. The summed E-state index contributed by atoms with van der Waals surface area (Å²) in [5.74, 6) is 1.31. The van der Waals surface area contributed by atoms with Crippen molar-refractivity contribution in [3.05, 3.63) is 17.7 Å². The number of imide groups is 1. The summed E-state index contributed by atoms with van der Waals surface area (Å²) in [4.78, 5) is 26.2. The molecule has 7 nitrogen and oxygen atoms in total. The first-order valence-corrected chi connectivity index (χ1v) is 6.15. The fourth-order valence-corrected chi connectivity index (χ4v) is 2.06. The van der Waals surface area contributed by atoms with Crippen molar-refractivity contribution in [1.82, 2.24) is 5.32 Å². The molecule has 0 unspecified atom stereocenters. The second kappa shape index (κ2) is 4.84. The van der Waals surface area contributed by atoms with Crippen molar-refractivity contribution in [2.45, 2.75) is 13.3 Å². The van der Waals surface area contributed by atoms with E-state index in [1.807, 2.05) is 6.92 Å². The summed E-state index contributed by atoms with van der Waals surface area (Å²) in [6.45, 7) is 2.49. The summed E-state index contributed by atoms with van der Waals surface area (Å²) < 4.78 is 16.1. The fourth-order valence-electron chi connectivity index (χ4n) is 2.06. The van der Waals surface area contributed by atoms with Crippen LogP contribution in [0.15, 0.2) is 17.1 Å². The molecular formula is C13H12N2O5. The number of benzene rings is 1. The third-order valence-corrected chi connectivity index (χ3v) is 2.93. The summed E-state index contributed by atoms with van der Waals surface area (Å²) in [6.07, 6.45) is 0.198. The first-order valence-electron chi connectivity index (χ1n) is 6.15. The van der Waals surface area contributed by atoms with E-state index in [0.717, 1.165) is 5.56 Å². The molecule has 0 bridgehead atoms. The number of hydrogen-bond acceptors (Lipinski definition) is 5. The number of carbonyl (C=O) groups excluding carboxylic acids is 2. The SMILES string of the molecule is CCOc1cc2c(cc1CC1=NC(=O)NC1=O)OCO2. The Morgan fingerprint density at radius 2 is 2.05 bits per heavy atom. The highest BCUT2D eigenvalue weighted by molar-refractivity contribution is 6.46. The second-order valence-electron chi connectivity index (χ2n) is 4.24. The predicted octanol–water partition coefficient (Wildman–Crippen LogP) is 1.05. The Morgan fingerprint density at radius 1 is 1.30 bits per heavy atom. The van der Waals surface area contributed by atoms with E-state index in [0.29, 0.717) is 23.9 Å². The van der Waals surface area contributed by atoms with Gasteiger partial charge in [0, 0.05) is 18.1 Å². The molecule has 0 aliphatic carbocycles. The van der Waals surface area contributed by atoms with Crippen LogP contribution in [0.2, 0.25) is 0 Å². The number of amides is 3. The topological polar surface area (TPSA) is 86.2 Å². The van der Waals surface area contributed by atoms with Crippen LogP contribution in [0.4, 0.5) is 4.79 Å². The molecule has 0 spiro atoms. The van der Waals surface area contributed by atoms with Gasteiger partial charge < -0.3 is 14.2 Å². The van der Waals surface area contributed by atoms with Crippen LogP contribution in [0.5, 0.6) is 17.2 Å². The molecule has 3 rings (SSSR count). The largest absolute Gasteiger partial charge is 0.493 e. The molecular weight excluding hydrogens is 264 g/mol. The van der Waals surface area contributed by atoms with Gasteiger partial charge in [0.2, 0.25) is 6.79 Å². The number of fused-ring (bicyclic) bond motifs is 1. The smallest absolute Gasteiger partial charge is 0.348 e. The van der Waals surface area contributed by atoms with Crippen molar-refractivity contribution in [2.75, 3.05) is 13.4 Å². The molecule has 2 aliphatic rings. The first kappa shape index (κ1) is 12.5. The fraction of sp³-hybridized carbons (Fsp3) is 0.308. The van der Waals surface area contributed by atoms with Crippen molar-refractivity contribution in [3.63, 3.8) is 0 Å². The lowest BCUT2D eigenvalue weighted by molar-refractivity contribution is -0.113. The van der Waals surface area contributed by atoms with Gasteiger partial charge in [-0.2, -0.15) is 4.99 Å². The number of urea groups is 1. The summed E-state index contributed by atoms with van der Waals surface area (Å²) in [7, 11) is 0. The van der Waals surface area contributed by atoms with Crippen molar-refractivity contribution in [2.24, 2.45) is 4.99 Å². The molecule has 1 N–H and O–H groups in total. The van der Waals surface area contributed by atoms with E-state index in [1.54, 1.807) is 12.1 Å². The average molecular weight is 276 g/mol. The highest BCUT2D eigenvalue weighted by Crippen LogP contribution is 2.38. The van der Waals surface area contributed by atoms with Gasteiger partial charge in [-0.05, 0) is 13.0 Å². The van der Waals surface area contributed by atoms with E-state index < -0.39 is 11.9 Å². The molecule has 0 fully saturated rings. The van der Waals surface area contributed by atoms with Gasteiger partial charge in [-0.25, -0.2) is 4.79 Å². The maximum absolute atomic E-state index is 11.5. The van der Waals surface area contributed by atoms with Gasteiger partial charge in [0.1, 0.15) is 11.5 Å². The van der Waals surface area contributed by atoms with Gasteiger partial charge >= 0.3 is 6.03 Å². The lowest BCUT2D eigenvalue weighted by Gasteiger charge is -2.10. The monoisotopic (exact) mass is 276 g/mol. The van der Waals surface area contributed by atoms with Gasteiger partial charge in [0.05, 0.1) is 6.61 Å². The van der Waals surface area contributed by atoms with Gasteiger partial charge in [0.15, 0.2) is 11.5 Å². The Morgan fingerprint density at radius 3 is 2.70 bits per heavy atom. The first-order chi connectivity index (χ1) is 9.67. The van der Waals surface area contributed by atoms with E-state index in [1.165, 1.54) is 0 Å². The zero-order chi connectivity index (χ0) is 14.1. The van der Waals surface area contributed by atoms with Crippen molar-refractivity contribution in [3.8, 4) is 17.2 Å². The molecule has 7 heteroatoms. The van der Waals surface area contributed by atoms with Crippen molar-refractivity contribution in [1.29, 1.82) is 0 Å². The van der Waals surface area contributed by atoms with Crippen LogP contribution in [-0.2, 0) is 11.2 Å². The van der Waals surface area contributed by atoms with E-state index in [2.05, 4.69) is 10.3 Å². The zero-order valence-corrected chi connectivity index (χ0v) is 10.8. The average Bonchev–Trinajstić information content (AvgIpc) is 2.97. The molecule has 2 heterocycles. The van der Waals surface area contributed by atoms with E-state index in [4.69, 9.17) is 14.2 Å². The molecule has 104 valence electrons. The van der Waals surface area contributed by atoms with Gasteiger partial charge in [0.25, 0.3) is 5.91 Å². The maximum atomic E-state index is 11.5. The Labute approximate surface area is 114 Å². The van der Waals surface area contributed by atoms with Gasteiger partial charge in [-0.1, -0.05) is 0 Å². The number of ether oxygens (including phenoxy) is 3. The molecule has 0 radical (unpaired) electrons. The number of rotatable bonds is 4. The standard InChI is InChI=1S/C13H12N2O5/c1-2-18-9-5-11-10(19-6-20-11)4-7(9)3-8-12(16)15-13(17)14-8/h4-5H,2-3,6H2,1H3,(H,15,16,17). The summed E-state index contributed by atoms with van der Waals surface area (Å²) in [5, 5.41) is 2.11. The molecule has 3 amide bonds. The zero-order valence-electron chi connectivity index (χ0n) is 10.8. The molecule has 2 aliphatic heterocycles. The highest BCUT2D eigenvalue weighted by atomic mass is 16.7. The minimum atomic E-state index is -0.635. The molecule has 0 saturated heterocycles. The number of hydrogen-bond donors (Lipinski definition) is 1. The molecule has 0 aromatic heterocycles. The molecule has 20 heavy (non-hydrogen) atoms. The molecule has 1 aromatic carbocycles.